The van der Waals surface area contributed by atoms with Gasteiger partial charge in [-0.15, -0.1) is 11.8 Å². The molecule has 0 N–H and O–H groups in total. The predicted molar refractivity (Wildman–Crippen MR) is 108 cm³/mol. The summed E-state index contributed by atoms with van der Waals surface area (Å²) < 4.78 is 27.0. The van der Waals surface area contributed by atoms with E-state index < -0.39 is 10.0 Å². The molecule has 0 bridgehead atoms. The van der Waals surface area contributed by atoms with E-state index in [1.165, 1.54) is 16.1 Å². The summed E-state index contributed by atoms with van der Waals surface area (Å²) in [4.78, 5) is 15.8. The standard InChI is InChI=1S/C20H24N2O3S2/c1-16-8-10-19(11-9-16)27(24,25)22-14-12-21(13-15-22)20(23)17(2)26-18-6-4-3-5-7-18/h3-11,17H,12-15H2,1-2H3/t17-/m1/s1. The minimum absolute atomic E-state index is 0.0521. The van der Waals surface area contributed by atoms with Gasteiger partial charge in [0.15, 0.2) is 0 Å². The molecule has 1 saturated heterocycles. The molecule has 1 aliphatic heterocycles. The molecule has 0 radical (unpaired) electrons. The maximum absolute atomic E-state index is 12.8. The highest BCUT2D eigenvalue weighted by molar-refractivity contribution is 8.00. The lowest BCUT2D eigenvalue weighted by molar-refractivity contribution is -0.131. The van der Waals surface area contributed by atoms with Gasteiger partial charge < -0.3 is 4.90 Å². The number of carbonyl (C=O) groups excluding carboxylic acids is 1. The molecule has 1 atom stereocenters. The maximum atomic E-state index is 12.8. The first-order valence-electron chi connectivity index (χ1n) is 8.95. The van der Waals surface area contributed by atoms with Crippen LogP contribution in [0.25, 0.3) is 0 Å². The molecule has 0 unspecified atom stereocenters. The van der Waals surface area contributed by atoms with Crippen molar-refractivity contribution in [2.24, 2.45) is 0 Å². The van der Waals surface area contributed by atoms with Crippen molar-refractivity contribution in [3.8, 4) is 0 Å². The molecule has 1 amide bonds. The number of carbonyl (C=O) groups is 1. The van der Waals surface area contributed by atoms with Gasteiger partial charge in [0, 0.05) is 31.1 Å². The lowest BCUT2D eigenvalue weighted by Crippen LogP contribution is -2.52. The summed E-state index contributed by atoms with van der Waals surface area (Å²) in [6.07, 6.45) is 0. The van der Waals surface area contributed by atoms with Crippen molar-refractivity contribution in [2.45, 2.75) is 28.9 Å². The molecule has 0 aromatic heterocycles. The van der Waals surface area contributed by atoms with Gasteiger partial charge in [-0.1, -0.05) is 35.9 Å². The summed E-state index contributed by atoms with van der Waals surface area (Å²) in [5.41, 5.74) is 1.02. The first-order chi connectivity index (χ1) is 12.9. The Kier molecular flexibility index (Phi) is 6.24. The Morgan fingerprint density at radius 1 is 0.963 bits per heavy atom. The highest BCUT2D eigenvalue weighted by atomic mass is 32.2. The number of benzene rings is 2. The van der Waals surface area contributed by atoms with Crippen LogP contribution in [0.3, 0.4) is 0 Å². The Balaban J connectivity index is 1.59. The third kappa shape index (κ3) is 4.72. The van der Waals surface area contributed by atoms with E-state index in [0.29, 0.717) is 31.1 Å². The zero-order valence-electron chi connectivity index (χ0n) is 15.5. The van der Waals surface area contributed by atoms with Gasteiger partial charge in [0.1, 0.15) is 0 Å². The summed E-state index contributed by atoms with van der Waals surface area (Å²) in [7, 11) is -3.51. The molecule has 3 rings (SSSR count). The van der Waals surface area contributed by atoms with Crippen LogP contribution in [0.4, 0.5) is 0 Å². The van der Waals surface area contributed by atoms with Crippen molar-refractivity contribution in [2.75, 3.05) is 26.2 Å². The Morgan fingerprint density at radius 2 is 1.56 bits per heavy atom. The van der Waals surface area contributed by atoms with Crippen LogP contribution in [0.5, 0.6) is 0 Å². The van der Waals surface area contributed by atoms with Gasteiger partial charge in [-0.3, -0.25) is 4.79 Å². The molecule has 1 fully saturated rings. The van der Waals surface area contributed by atoms with E-state index in [9.17, 15) is 13.2 Å². The fourth-order valence-corrected chi connectivity index (χ4v) is 5.41. The van der Waals surface area contributed by atoms with Crippen LogP contribution in [0.1, 0.15) is 12.5 Å². The van der Waals surface area contributed by atoms with Gasteiger partial charge in [0.2, 0.25) is 15.9 Å². The van der Waals surface area contributed by atoms with Crippen LogP contribution < -0.4 is 0 Å². The number of sulfonamides is 1. The largest absolute Gasteiger partial charge is 0.339 e. The van der Waals surface area contributed by atoms with Gasteiger partial charge in [-0.25, -0.2) is 8.42 Å². The average molecular weight is 405 g/mol. The first-order valence-corrected chi connectivity index (χ1v) is 11.3. The lowest BCUT2D eigenvalue weighted by atomic mass is 10.2. The van der Waals surface area contributed by atoms with E-state index in [2.05, 4.69) is 0 Å². The van der Waals surface area contributed by atoms with E-state index in [0.717, 1.165) is 10.5 Å². The van der Waals surface area contributed by atoms with E-state index in [4.69, 9.17) is 0 Å². The maximum Gasteiger partial charge on any atom is 0.243 e. The van der Waals surface area contributed by atoms with Crippen LogP contribution in [0.2, 0.25) is 0 Å². The van der Waals surface area contributed by atoms with Gasteiger partial charge in [0.05, 0.1) is 10.1 Å². The molecule has 0 saturated carbocycles. The summed E-state index contributed by atoms with van der Waals surface area (Å²) >= 11 is 1.53. The summed E-state index contributed by atoms with van der Waals surface area (Å²) in [5, 5.41) is -0.201. The van der Waals surface area contributed by atoms with Gasteiger partial charge in [0.25, 0.3) is 0 Å². The third-order valence-electron chi connectivity index (χ3n) is 4.61. The van der Waals surface area contributed by atoms with Crippen molar-refractivity contribution < 1.29 is 13.2 Å². The molecule has 1 aliphatic rings. The van der Waals surface area contributed by atoms with Crippen molar-refractivity contribution >= 4 is 27.7 Å². The minimum atomic E-state index is -3.51. The molecule has 0 spiro atoms. The normalized spacial score (nSPS) is 16.9. The number of aryl methyl sites for hydroxylation is 1. The van der Waals surface area contributed by atoms with Crippen LogP contribution in [-0.2, 0) is 14.8 Å². The highest BCUT2D eigenvalue weighted by Gasteiger charge is 2.31. The summed E-state index contributed by atoms with van der Waals surface area (Å²) in [5.74, 6) is 0.0521. The molecule has 2 aromatic carbocycles. The fraction of sp³-hybridized carbons (Fsp3) is 0.350. The second kappa shape index (κ2) is 8.46. The molecular formula is C20H24N2O3S2. The Morgan fingerprint density at radius 3 is 2.15 bits per heavy atom. The Bertz CT molecular complexity index is 875. The van der Waals surface area contributed by atoms with Gasteiger partial charge in [-0.2, -0.15) is 4.31 Å². The topological polar surface area (TPSA) is 57.7 Å². The number of amides is 1. The number of thioether (sulfide) groups is 1. The Labute approximate surface area is 165 Å². The molecule has 144 valence electrons. The van der Waals surface area contributed by atoms with Gasteiger partial charge in [-0.05, 0) is 38.1 Å². The second-order valence-corrected chi connectivity index (χ2v) is 9.97. The number of nitrogens with zero attached hydrogens (tertiary/aromatic N) is 2. The minimum Gasteiger partial charge on any atom is -0.339 e. The van der Waals surface area contributed by atoms with Gasteiger partial charge >= 0.3 is 0 Å². The van der Waals surface area contributed by atoms with Crippen molar-refractivity contribution in [3.05, 3.63) is 60.2 Å². The molecule has 5 nitrogen and oxygen atoms in total. The molecule has 1 heterocycles. The van der Waals surface area contributed by atoms with E-state index >= 15 is 0 Å². The number of rotatable bonds is 5. The predicted octanol–water partition coefficient (Wildman–Crippen LogP) is 3.01. The number of hydrogen-bond acceptors (Lipinski definition) is 4. The van der Waals surface area contributed by atoms with Crippen molar-refractivity contribution in [1.82, 2.24) is 9.21 Å². The monoisotopic (exact) mass is 404 g/mol. The van der Waals surface area contributed by atoms with Crippen molar-refractivity contribution in [1.29, 1.82) is 0 Å². The van der Waals surface area contributed by atoms with E-state index in [1.54, 1.807) is 29.2 Å². The summed E-state index contributed by atoms with van der Waals surface area (Å²) in [6.45, 7) is 5.31. The lowest BCUT2D eigenvalue weighted by Gasteiger charge is -2.35. The number of hydrogen-bond donors (Lipinski definition) is 0. The molecule has 2 aromatic rings. The smallest absolute Gasteiger partial charge is 0.243 e. The second-order valence-electron chi connectivity index (χ2n) is 6.62. The van der Waals surface area contributed by atoms with Crippen LogP contribution in [0, 0.1) is 6.92 Å². The van der Waals surface area contributed by atoms with Crippen LogP contribution >= 0.6 is 11.8 Å². The highest BCUT2D eigenvalue weighted by Crippen LogP contribution is 2.25. The van der Waals surface area contributed by atoms with E-state index in [1.807, 2.05) is 44.2 Å². The first kappa shape index (κ1) is 19.9. The zero-order chi connectivity index (χ0) is 19.4. The molecular weight excluding hydrogens is 380 g/mol. The average Bonchev–Trinajstić information content (AvgIpc) is 2.68. The fourth-order valence-electron chi connectivity index (χ4n) is 3.02. The quantitative estimate of drug-likeness (QED) is 0.719. The number of piperazine rings is 1. The third-order valence-corrected chi connectivity index (χ3v) is 7.63. The SMILES string of the molecule is Cc1ccc(S(=O)(=O)N2CCN(C(=O)[C@@H](C)Sc3ccccc3)CC2)cc1. The molecule has 27 heavy (non-hydrogen) atoms. The zero-order valence-corrected chi connectivity index (χ0v) is 17.2. The summed E-state index contributed by atoms with van der Waals surface area (Å²) in [6, 6.07) is 16.7. The van der Waals surface area contributed by atoms with Crippen LogP contribution in [-0.4, -0.2) is 55.0 Å². The molecule has 7 heteroatoms. The molecule has 0 aliphatic carbocycles. The van der Waals surface area contributed by atoms with Crippen molar-refractivity contribution in [3.63, 3.8) is 0 Å². The Hall–Kier alpha value is -1.83. The van der Waals surface area contributed by atoms with E-state index in [-0.39, 0.29) is 11.2 Å². The van der Waals surface area contributed by atoms with Crippen LogP contribution in [0.15, 0.2) is 64.4 Å².